The number of hydrogen-bond acceptors (Lipinski definition) is 15. The Hall–Kier alpha value is -3.09. The van der Waals surface area contributed by atoms with Gasteiger partial charge in [-0.05, 0) is 12.1 Å². The number of ether oxygens (including phenoxy) is 3. The maximum absolute atomic E-state index is 13.4. The summed E-state index contributed by atoms with van der Waals surface area (Å²) in [5, 5.41) is 100. The smallest absolute Gasteiger partial charge is 0.231 e. The predicted octanol–water partition coefficient (Wildman–Crippen LogP) is -2.99. The second-order valence-electron chi connectivity index (χ2n) is 9.39. The van der Waals surface area contributed by atoms with Gasteiger partial charge < -0.3 is 69.7 Å². The molecular formula is C24H26O15. The SMILES string of the molecule is O=c1c2cc(O[C@H]3O[C@@H](O)[C@H](O)[C@@H](O)[C@@H]3O)c(O)cc2oc2cc(O)c([C@H]3O[C@@H](CO)[C@H](O)[C@@H](O)[C@@H]3O)cc12. The topological polar surface area (TPSA) is 260 Å². The van der Waals surface area contributed by atoms with Crippen molar-refractivity contribution in [3.63, 3.8) is 0 Å². The highest BCUT2D eigenvalue weighted by atomic mass is 16.7. The van der Waals surface area contributed by atoms with Gasteiger partial charge in [0, 0.05) is 17.7 Å². The van der Waals surface area contributed by atoms with Crippen LogP contribution >= 0.6 is 0 Å². The van der Waals surface area contributed by atoms with E-state index in [-0.39, 0.29) is 27.5 Å². The standard InChI is InChI=1S/C24H26O15/c25-5-14-16(29)17(30)19(32)22(37-14)6-1-7-11(3-9(6)26)36-12-4-10(27)13(2-8(12)15(7)28)38-24-21(34)18(31)20(33)23(35)39-24/h1-4,14,16-27,29-35H,5H2/t14-,16-,17+,18+,19-,20+,21-,22+,23+,24-/m0/s1. The first-order valence-corrected chi connectivity index (χ1v) is 11.7. The molecular weight excluding hydrogens is 528 g/mol. The van der Waals surface area contributed by atoms with Crippen molar-refractivity contribution in [2.24, 2.45) is 0 Å². The molecule has 39 heavy (non-hydrogen) atoms. The Morgan fingerprint density at radius 3 is 2.00 bits per heavy atom. The molecule has 212 valence electrons. The average Bonchev–Trinajstić information content (AvgIpc) is 2.90. The number of fused-ring (bicyclic) bond motifs is 2. The van der Waals surface area contributed by atoms with Crippen LogP contribution in [-0.2, 0) is 9.47 Å². The summed E-state index contributed by atoms with van der Waals surface area (Å²) >= 11 is 0. The first-order chi connectivity index (χ1) is 18.4. The van der Waals surface area contributed by atoms with Crippen LogP contribution in [-0.4, -0.2) is 113 Å². The molecule has 0 bridgehead atoms. The van der Waals surface area contributed by atoms with E-state index in [0.29, 0.717) is 0 Å². The number of aliphatic hydroxyl groups excluding tert-OH is 8. The number of hydrogen-bond donors (Lipinski definition) is 10. The van der Waals surface area contributed by atoms with Gasteiger partial charge in [0.1, 0.15) is 65.7 Å². The van der Waals surface area contributed by atoms with Crippen LogP contribution in [0.5, 0.6) is 17.2 Å². The Labute approximate surface area is 217 Å². The van der Waals surface area contributed by atoms with Crippen LogP contribution in [0.1, 0.15) is 11.7 Å². The molecule has 2 aromatic carbocycles. The van der Waals surface area contributed by atoms with Crippen LogP contribution in [0.15, 0.2) is 33.5 Å². The molecule has 3 heterocycles. The van der Waals surface area contributed by atoms with Crippen LogP contribution < -0.4 is 10.2 Å². The Bertz CT molecular complexity index is 1440. The molecule has 3 aromatic rings. The monoisotopic (exact) mass is 554 g/mol. The minimum absolute atomic E-state index is 0.127. The molecule has 2 fully saturated rings. The lowest BCUT2D eigenvalue weighted by Crippen LogP contribution is -2.59. The maximum atomic E-state index is 13.4. The summed E-state index contributed by atoms with van der Waals surface area (Å²) in [6.45, 7) is -0.707. The van der Waals surface area contributed by atoms with E-state index >= 15 is 0 Å². The van der Waals surface area contributed by atoms with E-state index in [9.17, 15) is 55.9 Å². The van der Waals surface area contributed by atoms with E-state index in [1.807, 2.05) is 0 Å². The van der Waals surface area contributed by atoms with Gasteiger partial charge in [0.25, 0.3) is 0 Å². The summed E-state index contributed by atoms with van der Waals surface area (Å²) < 4.78 is 21.4. The van der Waals surface area contributed by atoms with E-state index in [1.54, 1.807) is 0 Å². The first-order valence-electron chi connectivity index (χ1n) is 11.7. The molecule has 0 aliphatic carbocycles. The summed E-state index contributed by atoms with van der Waals surface area (Å²) in [5.74, 6) is -1.50. The predicted molar refractivity (Wildman–Crippen MR) is 126 cm³/mol. The number of aromatic hydroxyl groups is 2. The molecule has 2 saturated heterocycles. The second kappa shape index (κ2) is 10.1. The van der Waals surface area contributed by atoms with Crippen molar-refractivity contribution in [1.29, 1.82) is 0 Å². The fraction of sp³-hybridized carbons (Fsp3) is 0.458. The van der Waals surface area contributed by atoms with Crippen molar-refractivity contribution in [3.05, 3.63) is 40.1 Å². The molecule has 15 nitrogen and oxygen atoms in total. The van der Waals surface area contributed by atoms with E-state index in [4.69, 9.17) is 18.6 Å². The van der Waals surface area contributed by atoms with Crippen molar-refractivity contribution < 1.29 is 69.7 Å². The van der Waals surface area contributed by atoms with Gasteiger partial charge in [-0.2, -0.15) is 0 Å². The molecule has 0 radical (unpaired) electrons. The van der Waals surface area contributed by atoms with Crippen molar-refractivity contribution in [2.75, 3.05) is 6.61 Å². The lowest BCUT2D eigenvalue weighted by atomic mass is 9.90. The molecule has 15 heteroatoms. The maximum Gasteiger partial charge on any atom is 0.231 e. The molecule has 10 N–H and O–H groups in total. The molecule has 0 saturated carbocycles. The fourth-order valence-electron chi connectivity index (χ4n) is 4.66. The molecule has 0 spiro atoms. The number of benzene rings is 2. The Morgan fingerprint density at radius 2 is 1.33 bits per heavy atom. The zero-order chi connectivity index (χ0) is 28.3. The molecule has 0 unspecified atom stereocenters. The van der Waals surface area contributed by atoms with Crippen LogP contribution in [0, 0.1) is 0 Å². The Kier molecular flexibility index (Phi) is 7.15. The van der Waals surface area contributed by atoms with Crippen LogP contribution in [0.4, 0.5) is 0 Å². The summed E-state index contributed by atoms with van der Waals surface area (Å²) in [6, 6.07) is 4.23. The van der Waals surface area contributed by atoms with Gasteiger partial charge in [-0.3, -0.25) is 4.79 Å². The zero-order valence-corrected chi connectivity index (χ0v) is 19.8. The normalized spacial score (nSPS) is 35.4. The molecule has 5 rings (SSSR count). The number of aliphatic hydroxyl groups is 8. The van der Waals surface area contributed by atoms with Gasteiger partial charge in [-0.1, -0.05) is 0 Å². The highest BCUT2D eigenvalue weighted by Crippen LogP contribution is 2.40. The Morgan fingerprint density at radius 1 is 0.718 bits per heavy atom. The van der Waals surface area contributed by atoms with Gasteiger partial charge in [-0.25, -0.2) is 0 Å². The highest BCUT2D eigenvalue weighted by Gasteiger charge is 2.46. The molecule has 1 aromatic heterocycles. The quantitative estimate of drug-likeness (QED) is 0.144. The highest BCUT2D eigenvalue weighted by molar-refractivity contribution is 5.92. The third-order valence-electron chi connectivity index (χ3n) is 6.89. The summed E-state index contributed by atoms with van der Waals surface area (Å²) in [6.07, 6.45) is -17.0. The largest absolute Gasteiger partial charge is 0.507 e. The molecule has 2 aliphatic rings. The van der Waals surface area contributed by atoms with Crippen molar-refractivity contribution in [2.45, 2.75) is 61.4 Å². The van der Waals surface area contributed by atoms with E-state index < -0.39 is 90.7 Å². The van der Waals surface area contributed by atoms with Crippen molar-refractivity contribution >= 4 is 21.9 Å². The first kappa shape index (κ1) is 27.5. The number of rotatable bonds is 4. The summed E-state index contributed by atoms with van der Waals surface area (Å²) in [5.41, 5.74) is -1.13. The van der Waals surface area contributed by atoms with E-state index in [2.05, 4.69) is 0 Å². The van der Waals surface area contributed by atoms with Crippen molar-refractivity contribution in [1.82, 2.24) is 0 Å². The molecule has 10 atom stereocenters. The van der Waals surface area contributed by atoms with Gasteiger partial charge in [0.2, 0.25) is 11.7 Å². The summed E-state index contributed by atoms with van der Waals surface area (Å²) in [4.78, 5) is 13.4. The van der Waals surface area contributed by atoms with Crippen LogP contribution in [0.25, 0.3) is 21.9 Å². The van der Waals surface area contributed by atoms with E-state index in [0.717, 1.165) is 24.3 Å². The zero-order valence-electron chi connectivity index (χ0n) is 19.8. The minimum atomic E-state index is -1.92. The molecule has 2 aliphatic heterocycles. The third-order valence-corrected chi connectivity index (χ3v) is 6.89. The Balaban J connectivity index is 1.56. The lowest BCUT2D eigenvalue weighted by molar-refractivity contribution is -0.321. The minimum Gasteiger partial charge on any atom is -0.507 e. The van der Waals surface area contributed by atoms with Gasteiger partial charge in [-0.15, -0.1) is 0 Å². The third kappa shape index (κ3) is 4.57. The van der Waals surface area contributed by atoms with Gasteiger partial charge >= 0.3 is 0 Å². The number of phenols is 2. The van der Waals surface area contributed by atoms with Crippen LogP contribution in [0.3, 0.4) is 0 Å². The lowest BCUT2D eigenvalue weighted by Gasteiger charge is -2.40. The van der Waals surface area contributed by atoms with Gasteiger partial charge in [0.15, 0.2) is 17.8 Å². The number of phenolic OH excluding ortho intramolecular Hbond substituents is 2. The van der Waals surface area contributed by atoms with Crippen LogP contribution in [0.2, 0.25) is 0 Å². The van der Waals surface area contributed by atoms with E-state index in [1.165, 1.54) is 0 Å². The second-order valence-corrected chi connectivity index (χ2v) is 9.39. The molecule has 0 amide bonds. The summed E-state index contributed by atoms with van der Waals surface area (Å²) in [7, 11) is 0. The van der Waals surface area contributed by atoms with Gasteiger partial charge in [0.05, 0.1) is 17.4 Å². The fourth-order valence-corrected chi connectivity index (χ4v) is 4.66. The van der Waals surface area contributed by atoms with Crippen molar-refractivity contribution in [3.8, 4) is 17.2 Å². The average molecular weight is 554 g/mol.